The number of hydrogen-bond donors (Lipinski definition) is 3. The van der Waals surface area contributed by atoms with E-state index < -0.39 is 41.3 Å². The first-order valence-electron chi connectivity index (χ1n) is 9.84. The predicted molar refractivity (Wildman–Crippen MR) is 112 cm³/mol. The number of benzene rings is 2. The minimum Gasteiger partial charge on any atom is -0.511 e. The van der Waals surface area contributed by atoms with Crippen molar-refractivity contribution in [2.45, 2.75) is 32.4 Å². The van der Waals surface area contributed by atoms with Crippen molar-refractivity contribution in [2.75, 3.05) is 6.54 Å². The lowest BCUT2D eigenvalue weighted by Gasteiger charge is -2.42. The maximum absolute atomic E-state index is 13.8. The molecule has 32 heavy (non-hydrogen) atoms. The van der Waals surface area contributed by atoms with Crippen LogP contribution in [0, 0.1) is 5.82 Å². The van der Waals surface area contributed by atoms with Gasteiger partial charge in [-0.1, -0.05) is 24.3 Å². The van der Waals surface area contributed by atoms with Gasteiger partial charge in [0, 0.05) is 18.5 Å². The van der Waals surface area contributed by atoms with Gasteiger partial charge in [-0.15, -0.1) is 0 Å². The lowest BCUT2D eigenvalue weighted by molar-refractivity contribution is -0.140. The Hall–Kier alpha value is -3.88. The average molecular weight is 442 g/mol. The lowest BCUT2D eigenvalue weighted by Crippen LogP contribution is -2.53. The van der Waals surface area contributed by atoms with Crippen LogP contribution in [0.15, 0.2) is 59.9 Å². The standard InChI is InChI=1S/C23H23FN2O6/c1-23(2)11-17(27)20(21(30)25-12-19(28)29)22(31)26(23)13-14-7-9-15(10-8-14)32-18-6-4-3-5-16(18)24/h3-10,27H,11-13H2,1-2H3,(H,25,30)(H,28,29). The number of ether oxygens (including phenoxy) is 1. The van der Waals surface area contributed by atoms with Gasteiger partial charge in [0.2, 0.25) is 0 Å². The molecule has 3 rings (SSSR count). The van der Waals surface area contributed by atoms with Gasteiger partial charge in [-0.25, -0.2) is 4.39 Å². The minimum absolute atomic E-state index is 0.0308. The minimum atomic E-state index is -1.27. The van der Waals surface area contributed by atoms with E-state index in [1.54, 1.807) is 50.2 Å². The molecule has 1 heterocycles. The van der Waals surface area contributed by atoms with E-state index in [0.717, 1.165) is 5.56 Å². The SMILES string of the molecule is CC1(C)CC(O)=C(C(=O)NCC(=O)O)C(=O)N1Cc1ccc(Oc2ccccc2F)cc1. The number of carbonyl (C=O) groups is 3. The van der Waals surface area contributed by atoms with Gasteiger partial charge in [0.05, 0.1) is 0 Å². The second kappa shape index (κ2) is 9.09. The maximum atomic E-state index is 13.8. The fourth-order valence-electron chi connectivity index (χ4n) is 3.39. The van der Waals surface area contributed by atoms with Crippen LogP contribution >= 0.6 is 0 Å². The molecule has 0 saturated heterocycles. The molecule has 0 aromatic heterocycles. The van der Waals surface area contributed by atoms with Crippen molar-refractivity contribution in [3.63, 3.8) is 0 Å². The fourth-order valence-corrected chi connectivity index (χ4v) is 3.39. The number of carboxylic acids is 1. The van der Waals surface area contributed by atoms with E-state index in [4.69, 9.17) is 9.84 Å². The summed E-state index contributed by atoms with van der Waals surface area (Å²) in [4.78, 5) is 37.5. The highest BCUT2D eigenvalue weighted by Gasteiger charge is 2.42. The molecule has 8 nitrogen and oxygen atoms in total. The molecular weight excluding hydrogens is 419 g/mol. The highest BCUT2D eigenvalue weighted by atomic mass is 19.1. The Labute approximate surface area is 183 Å². The van der Waals surface area contributed by atoms with Crippen LogP contribution in [-0.4, -0.2) is 45.0 Å². The Bertz CT molecular complexity index is 1080. The number of rotatable bonds is 7. The molecule has 0 atom stereocenters. The summed E-state index contributed by atoms with van der Waals surface area (Å²) >= 11 is 0. The quantitative estimate of drug-likeness (QED) is 0.568. The molecule has 0 bridgehead atoms. The van der Waals surface area contributed by atoms with Gasteiger partial charge < -0.3 is 25.2 Å². The molecule has 2 aromatic rings. The topological polar surface area (TPSA) is 116 Å². The predicted octanol–water partition coefficient (Wildman–Crippen LogP) is 3.14. The Morgan fingerprint density at radius 2 is 1.81 bits per heavy atom. The van der Waals surface area contributed by atoms with Gasteiger partial charge in [-0.2, -0.15) is 0 Å². The molecule has 0 radical (unpaired) electrons. The zero-order valence-corrected chi connectivity index (χ0v) is 17.6. The largest absolute Gasteiger partial charge is 0.511 e. The average Bonchev–Trinajstić information content (AvgIpc) is 2.72. The molecule has 0 saturated carbocycles. The Balaban J connectivity index is 1.76. The van der Waals surface area contributed by atoms with Crippen molar-refractivity contribution in [1.82, 2.24) is 10.2 Å². The van der Waals surface area contributed by atoms with Gasteiger partial charge in [0.15, 0.2) is 11.6 Å². The normalized spacial score (nSPS) is 15.5. The molecule has 0 fully saturated rings. The summed E-state index contributed by atoms with van der Waals surface area (Å²) in [6, 6.07) is 12.7. The number of carbonyl (C=O) groups excluding carboxylic acids is 2. The molecule has 0 unspecified atom stereocenters. The third-order valence-corrected chi connectivity index (χ3v) is 5.03. The van der Waals surface area contributed by atoms with E-state index in [2.05, 4.69) is 5.32 Å². The fraction of sp³-hybridized carbons (Fsp3) is 0.261. The van der Waals surface area contributed by atoms with Gasteiger partial charge in [-0.3, -0.25) is 14.4 Å². The highest BCUT2D eigenvalue weighted by molar-refractivity contribution is 6.19. The van der Waals surface area contributed by atoms with Crippen molar-refractivity contribution >= 4 is 17.8 Å². The van der Waals surface area contributed by atoms with Gasteiger partial charge >= 0.3 is 5.97 Å². The third-order valence-electron chi connectivity index (χ3n) is 5.03. The number of nitrogens with one attached hydrogen (secondary N) is 1. The summed E-state index contributed by atoms with van der Waals surface area (Å²) in [5.41, 5.74) is -0.538. The Morgan fingerprint density at radius 1 is 1.16 bits per heavy atom. The summed E-state index contributed by atoms with van der Waals surface area (Å²) in [6.07, 6.45) is 0.0308. The highest BCUT2D eigenvalue weighted by Crippen LogP contribution is 2.33. The Kier molecular flexibility index (Phi) is 6.47. The number of aliphatic hydroxyl groups is 1. The monoisotopic (exact) mass is 442 g/mol. The summed E-state index contributed by atoms with van der Waals surface area (Å²) in [5, 5.41) is 21.1. The number of halogens is 1. The van der Waals surface area contributed by atoms with E-state index in [0.29, 0.717) is 5.75 Å². The van der Waals surface area contributed by atoms with E-state index in [1.807, 2.05) is 0 Å². The van der Waals surface area contributed by atoms with Crippen LogP contribution < -0.4 is 10.1 Å². The van der Waals surface area contributed by atoms with Crippen LogP contribution in [-0.2, 0) is 20.9 Å². The Morgan fingerprint density at radius 3 is 2.44 bits per heavy atom. The summed E-state index contributed by atoms with van der Waals surface area (Å²) in [5.74, 6) is -3.28. The van der Waals surface area contributed by atoms with E-state index in [9.17, 15) is 23.9 Å². The summed E-state index contributed by atoms with van der Waals surface area (Å²) in [6.45, 7) is 2.97. The molecule has 2 aromatic carbocycles. The van der Waals surface area contributed by atoms with Crippen molar-refractivity contribution in [3.05, 3.63) is 71.2 Å². The summed E-state index contributed by atoms with van der Waals surface area (Å²) < 4.78 is 19.3. The molecule has 0 aliphatic carbocycles. The number of para-hydroxylation sites is 1. The van der Waals surface area contributed by atoms with Crippen LogP contribution in [0.25, 0.3) is 0 Å². The second-order valence-electron chi connectivity index (χ2n) is 7.96. The first kappa shape index (κ1) is 22.8. The number of aliphatic hydroxyl groups excluding tert-OH is 1. The molecule has 1 aliphatic heterocycles. The van der Waals surface area contributed by atoms with Crippen LogP contribution in [0.3, 0.4) is 0 Å². The lowest BCUT2D eigenvalue weighted by atomic mass is 9.88. The summed E-state index contributed by atoms with van der Waals surface area (Å²) in [7, 11) is 0. The van der Waals surface area contributed by atoms with Crippen molar-refractivity contribution in [3.8, 4) is 11.5 Å². The number of nitrogens with zero attached hydrogens (tertiary/aromatic N) is 1. The van der Waals surface area contributed by atoms with Gasteiger partial charge in [0.1, 0.15) is 23.6 Å². The first-order valence-corrected chi connectivity index (χ1v) is 9.84. The molecule has 2 amide bonds. The molecular formula is C23H23FN2O6. The molecule has 9 heteroatoms. The molecule has 0 spiro atoms. The van der Waals surface area contributed by atoms with Crippen LogP contribution in [0.5, 0.6) is 11.5 Å². The van der Waals surface area contributed by atoms with E-state index in [-0.39, 0.29) is 24.5 Å². The van der Waals surface area contributed by atoms with Crippen molar-refractivity contribution in [1.29, 1.82) is 0 Å². The third kappa shape index (κ3) is 5.05. The maximum Gasteiger partial charge on any atom is 0.322 e. The second-order valence-corrected chi connectivity index (χ2v) is 7.96. The van der Waals surface area contributed by atoms with Gasteiger partial charge in [-0.05, 0) is 43.7 Å². The van der Waals surface area contributed by atoms with E-state index >= 15 is 0 Å². The molecule has 3 N–H and O–H groups in total. The number of hydrogen-bond acceptors (Lipinski definition) is 5. The van der Waals surface area contributed by atoms with Crippen molar-refractivity contribution < 1.29 is 33.7 Å². The number of amides is 2. The van der Waals surface area contributed by atoms with E-state index in [1.165, 1.54) is 17.0 Å². The smallest absolute Gasteiger partial charge is 0.322 e. The van der Waals surface area contributed by atoms with Crippen molar-refractivity contribution in [2.24, 2.45) is 0 Å². The molecule has 168 valence electrons. The van der Waals surface area contributed by atoms with Crippen LogP contribution in [0.4, 0.5) is 4.39 Å². The number of carboxylic acid groups (broad SMARTS) is 1. The van der Waals surface area contributed by atoms with Crippen LogP contribution in [0.1, 0.15) is 25.8 Å². The van der Waals surface area contributed by atoms with Gasteiger partial charge in [0.25, 0.3) is 11.8 Å². The van der Waals surface area contributed by atoms with Crippen LogP contribution in [0.2, 0.25) is 0 Å². The first-order chi connectivity index (χ1) is 15.1. The zero-order chi connectivity index (χ0) is 23.5. The zero-order valence-electron chi connectivity index (χ0n) is 17.6. The molecule has 1 aliphatic rings. The number of aliphatic carboxylic acids is 1.